The Balaban J connectivity index is 1.40. The van der Waals surface area contributed by atoms with Gasteiger partial charge in [-0.25, -0.2) is 0 Å². The van der Waals surface area contributed by atoms with E-state index in [2.05, 4.69) is 39.3 Å². The van der Waals surface area contributed by atoms with Crippen LogP contribution in [0.5, 0.6) is 0 Å². The Hall–Kier alpha value is -1.13. The Morgan fingerprint density at radius 3 is 2.55 bits per heavy atom. The molecule has 0 saturated carbocycles. The van der Waals surface area contributed by atoms with E-state index < -0.39 is 0 Å². The predicted molar refractivity (Wildman–Crippen MR) is 83.1 cm³/mol. The van der Waals surface area contributed by atoms with Crippen molar-refractivity contribution >= 4 is 5.69 Å². The number of anilines is 1. The predicted octanol–water partition coefficient (Wildman–Crippen LogP) is 1.59. The standard InChI is InChI=1S/C16H26N4/c1-19-9-4-14(13-19)12-18-15-5-10-20(11-6-15)16-2-7-17-8-3-16/h2-3,7-8,14-15,18H,4-6,9-13H2,1H3. The second kappa shape index (κ2) is 6.55. The first-order valence-corrected chi connectivity index (χ1v) is 7.88. The third kappa shape index (κ3) is 3.49. The van der Waals surface area contributed by atoms with Gasteiger partial charge in [0.15, 0.2) is 0 Å². The molecule has 1 atom stereocenters. The van der Waals surface area contributed by atoms with Crippen molar-refractivity contribution in [1.82, 2.24) is 15.2 Å². The summed E-state index contributed by atoms with van der Waals surface area (Å²) in [5, 5.41) is 3.79. The molecule has 0 spiro atoms. The molecule has 1 N–H and O–H groups in total. The fourth-order valence-corrected chi connectivity index (χ4v) is 3.42. The molecule has 1 aromatic rings. The summed E-state index contributed by atoms with van der Waals surface area (Å²) in [7, 11) is 2.23. The molecule has 110 valence electrons. The van der Waals surface area contributed by atoms with Gasteiger partial charge in [0.05, 0.1) is 0 Å². The van der Waals surface area contributed by atoms with Crippen molar-refractivity contribution in [3.63, 3.8) is 0 Å². The first-order valence-electron chi connectivity index (χ1n) is 7.88. The van der Waals surface area contributed by atoms with Gasteiger partial charge in [0.1, 0.15) is 0 Å². The van der Waals surface area contributed by atoms with Crippen molar-refractivity contribution in [1.29, 1.82) is 0 Å². The highest BCUT2D eigenvalue weighted by atomic mass is 15.2. The summed E-state index contributed by atoms with van der Waals surface area (Å²) in [6.45, 7) is 6.05. The SMILES string of the molecule is CN1CCC(CNC2CCN(c3ccncc3)CC2)C1. The van der Waals surface area contributed by atoms with Crippen LogP contribution in [0.3, 0.4) is 0 Å². The van der Waals surface area contributed by atoms with E-state index in [0.717, 1.165) is 19.0 Å². The van der Waals surface area contributed by atoms with Crippen molar-refractivity contribution in [2.45, 2.75) is 25.3 Å². The molecule has 4 heteroatoms. The lowest BCUT2D eigenvalue weighted by Crippen LogP contribution is -2.44. The smallest absolute Gasteiger partial charge is 0.0397 e. The van der Waals surface area contributed by atoms with Gasteiger partial charge in [0.25, 0.3) is 0 Å². The molecule has 3 rings (SSSR count). The molecule has 0 aromatic carbocycles. The summed E-state index contributed by atoms with van der Waals surface area (Å²) in [5.74, 6) is 0.859. The van der Waals surface area contributed by atoms with Crippen molar-refractivity contribution in [3.05, 3.63) is 24.5 Å². The Morgan fingerprint density at radius 2 is 1.90 bits per heavy atom. The molecule has 2 fully saturated rings. The Morgan fingerprint density at radius 1 is 1.15 bits per heavy atom. The van der Waals surface area contributed by atoms with E-state index >= 15 is 0 Å². The highest BCUT2D eigenvalue weighted by molar-refractivity contribution is 5.44. The number of likely N-dealkylation sites (tertiary alicyclic amines) is 1. The zero-order chi connectivity index (χ0) is 13.8. The summed E-state index contributed by atoms with van der Waals surface area (Å²) >= 11 is 0. The molecule has 2 aliphatic heterocycles. The molecule has 4 nitrogen and oxygen atoms in total. The van der Waals surface area contributed by atoms with Crippen LogP contribution in [0.25, 0.3) is 0 Å². The number of aromatic nitrogens is 1. The average molecular weight is 274 g/mol. The van der Waals surface area contributed by atoms with Crippen LogP contribution in [0.1, 0.15) is 19.3 Å². The molecule has 0 aliphatic carbocycles. The molecule has 20 heavy (non-hydrogen) atoms. The van der Waals surface area contributed by atoms with Crippen LogP contribution in [-0.4, -0.2) is 55.7 Å². The van der Waals surface area contributed by atoms with E-state index in [0.29, 0.717) is 6.04 Å². The second-order valence-corrected chi connectivity index (χ2v) is 6.29. The molecule has 3 heterocycles. The van der Waals surface area contributed by atoms with Crippen LogP contribution in [-0.2, 0) is 0 Å². The lowest BCUT2D eigenvalue weighted by Gasteiger charge is -2.34. The number of nitrogens with zero attached hydrogens (tertiary/aromatic N) is 3. The highest BCUT2D eigenvalue weighted by Gasteiger charge is 2.23. The Kier molecular flexibility index (Phi) is 4.53. The van der Waals surface area contributed by atoms with Crippen molar-refractivity contribution in [2.75, 3.05) is 44.7 Å². The van der Waals surface area contributed by atoms with Crippen LogP contribution < -0.4 is 10.2 Å². The fraction of sp³-hybridized carbons (Fsp3) is 0.688. The number of hydrogen-bond donors (Lipinski definition) is 1. The quantitative estimate of drug-likeness (QED) is 0.903. The second-order valence-electron chi connectivity index (χ2n) is 6.29. The molecule has 1 aromatic heterocycles. The number of piperidine rings is 1. The summed E-state index contributed by atoms with van der Waals surface area (Å²) < 4.78 is 0. The van der Waals surface area contributed by atoms with Gasteiger partial charge in [-0.15, -0.1) is 0 Å². The van der Waals surface area contributed by atoms with Gasteiger partial charge < -0.3 is 15.1 Å². The summed E-state index contributed by atoms with van der Waals surface area (Å²) in [5.41, 5.74) is 1.32. The molecule has 0 radical (unpaired) electrons. The van der Waals surface area contributed by atoms with Crippen LogP contribution in [0.2, 0.25) is 0 Å². The number of pyridine rings is 1. The maximum atomic E-state index is 4.09. The van der Waals surface area contributed by atoms with Crippen molar-refractivity contribution in [3.8, 4) is 0 Å². The van der Waals surface area contributed by atoms with Gasteiger partial charge >= 0.3 is 0 Å². The minimum absolute atomic E-state index is 0.707. The number of hydrogen-bond acceptors (Lipinski definition) is 4. The number of rotatable bonds is 4. The third-order valence-electron chi connectivity index (χ3n) is 4.71. The van der Waals surface area contributed by atoms with Gasteiger partial charge in [0, 0.05) is 43.8 Å². The largest absolute Gasteiger partial charge is 0.371 e. The van der Waals surface area contributed by atoms with Gasteiger partial charge in [-0.05, 0) is 57.5 Å². The zero-order valence-corrected chi connectivity index (χ0v) is 12.5. The van der Waals surface area contributed by atoms with E-state index in [4.69, 9.17) is 0 Å². The molecule has 2 aliphatic rings. The van der Waals surface area contributed by atoms with Gasteiger partial charge in [-0.1, -0.05) is 0 Å². The van der Waals surface area contributed by atoms with Gasteiger partial charge in [-0.3, -0.25) is 4.98 Å². The molecule has 0 amide bonds. The fourth-order valence-electron chi connectivity index (χ4n) is 3.42. The average Bonchev–Trinajstić information content (AvgIpc) is 2.92. The van der Waals surface area contributed by atoms with Crippen molar-refractivity contribution < 1.29 is 0 Å². The van der Waals surface area contributed by atoms with Crippen LogP contribution in [0, 0.1) is 5.92 Å². The summed E-state index contributed by atoms with van der Waals surface area (Å²) in [6.07, 6.45) is 7.64. The topological polar surface area (TPSA) is 31.4 Å². The van der Waals surface area contributed by atoms with E-state index in [9.17, 15) is 0 Å². The number of nitrogens with one attached hydrogen (secondary N) is 1. The minimum atomic E-state index is 0.707. The lowest BCUT2D eigenvalue weighted by molar-refractivity contribution is 0.357. The van der Waals surface area contributed by atoms with Crippen LogP contribution >= 0.6 is 0 Å². The zero-order valence-electron chi connectivity index (χ0n) is 12.5. The van der Waals surface area contributed by atoms with Crippen LogP contribution in [0.15, 0.2) is 24.5 Å². The lowest BCUT2D eigenvalue weighted by atomic mass is 10.0. The van der Waals surface area contributed by atoms with Gasteiger partial charge in [0.2, 0.25) is 0 Å². The van der Waals surface area contributed by atoms with Gasteiger partial charge in [-0.2, -0.15) is 0 Å². The van der Waals surface area contributed by atoms with E-state index in [1.165, 1.54) is 44.6 Å². The molecular weight excluding hydrogens is 248 g/mol. The van der Waals surface area contributed by atoms with E-state index in [1.54, 1.807) is 0 Å². The summed E-state index contributed by atoms with van der Waals surface area (Å²) in [6, 6.07) is 4.93. The van der Waals surface area contributed by atoms with E-state index in [-0.39, 0.29) is 0 Å². The third-order valence-corrected chi connectivity index (χ3v) is 4.71. The Bertz CT molecular complexity index is 400. The first kappa shape index (κ1) is 13.8. The van der Waals surface area contributed by atoms with Crippen LogP contribution in [0.4, 0.5) is 5.69 Å². The molecule has 0 bridgehead atoms. The molecule has 2 saturated heterocycles. The molecular formula is C16H26N4. The monoisotopic (exact) mass is 274 g/mol. The summed E-state index contributed by atoms with van der Waals surface area (Å²) in [4.78, 5) is 9.01. The maximum Gasteiger partial charge on any atom is 0.0397 e. The van der Waals surface area contributed by atoms with Crippen molar-refractivity contribution in [2.24, 2.45) is 5.92 Å². The highest BCUT2D eigenvalue weighted by Crippen LogP contribution is 2.19. The Labute approximate surface area is 122 Å². The maximum absolute atomic E-state index is 4.09. The molecule has 1 unspecified atom stereocenters. The van der Waals surface area contributed by atoms with E-state index in [1.807, 2.05) is 12.4 Å². The normalized spacial score (nSPS) is 25.2. The first-order chi connectivity index (χ1) is 9.81. The minimum Gasteiger partial charge on any atom is -0.371 e.